The van der Waals surface area contributed by atoms with E-state index in [-0.39, 0.29) is 25.3 Å². The molecule has 2 N–H and O–H groups in total. The molecule has 2 heterocycles. The smallest absolute Gasteiger partial charge is 0.407 e. The number of carbonyl (C=O) groups excluding carboxylic acids is 5. The number of esters is 4. The Balaban J connectivity index is 1.74. The van der Waals surface area contributed by atoms with E-state index in [1.165, 1.54) is 48.7 Å². The van der Waals surface area contributed by atoms with Crippen molar-refractivity contribution in [3.05, 3.63) is 78.4 Å². The molecule has 17 nitrogen and oxygen atoms in total. The molecular formula is C59H89NO16. The van der Waals surface area contributed by atoms with Crippen LogP contribution in [-0.4, -0.2) is 119 Å². The van der Waals surface area contributed by atoms with E-state index in [0.29, 0.717) is 25.0 Å². The van der Waals surface area contributed by atoms with E-state index in [0.717, 1.165) is 62.7 Å². The highest BCUT2D eigenvalue weighted by molar-refractivity contribution is 6.00. The molecule has 2 bridgehead atoms. The summed E-state index contributed by atoms with van der Waals surface area (Å²) in [7, 11) is 1.35. The number of para-hydroxylation sites is 1. The number of alkyl carbamates (subject to hydrolysis) is 1. The molecule has 4 rings (SSSR count). The van der Waals surface area contributed by atoms with Crippen molar-refractivity contribution >= 4 is 30.0 Å². The number of ether oxygens (including phenoxy) is 10. The van der Waals surface area contributed by atoms with Gasteiger partial charge in [-0.3, -0.25) is 4.79 Å². The summed E-state index contributed by atoms with van der Waals surface area (Å²) in [4.78, 5) is 72.4. The van der Waals surface area contributed by atoms with Crippen LogP contribution in [0.2, 0.25) is 0 Å². The van der Waals surface area contributed by atoms with Crippen molar-refractivity contribution in [2.24, 2.45) is 5.92 Å². The number of rotatable bonds is 28. The number of aliphatic hydroxyl groups is 1. The second kappa shape index (κ2) is 27.0. The Kier molecular flexibility index (Phi) is 22.5. The maximum Gasteiger partial charge on any atom is 0.407 e. The first-order valence-electron chi connectivity index (χ1n) is 26.9. The number of carbonyl (C=O) groups is 5. The van der Waals surface area contributed by atoms with Gasteiger partial charge in [-0.2, -0.15) is 0 Å². The molecule has 17 heteroatoms. The third-order valence-electron chi connectivity index (χ3n) is 12.9. The van der Waals surface area contributed by atoms with Crippen molar-refractivity contribution < 1.29 is 76.4 Å². The summed E-state index contributed by atoms with van der Waals surface area (Å²) in [5.74, 6) is -8.28. The number of fused-ring (bicyclic) bond motifs is 2. The topological polar surface area (TPSA) is 210 Å². The van der Waals surface area contributed by atoms with Crippen LogP contribution in [0.15, 0.2) is 72.8 Å². The zero-order valence-corrected chi connectivity index (χ0v) is 47.8. The van der Waals surface area contributed by atoms with Crippen molar-refractivity contribution in [1.29, 1.82) is 0 Å². The molecule has 0 saturated carbocycles. The highest BCUT2D eigenvalue weighted by Crippen LogP contribution is 2.59. The molecule has 0 aliphatic carbocycles. The Morgan fingerprint density at radius 1 is 0.724 bits per heavy atom. The van der Waals surface area contributed by atoms with Crippen molar-refractivity contribution in [2.45, 2.75) is 231 Å². The second-order valence-corrected chi connectivity index (χ2v) is 23.5. The molecule has 0 radical (unpaired) electrons. The molecule has 2 aliphatic rings. The predicted octanol–water partition coefficient (Wildman–Crippen LogP) is 10.2. The summed E-state index contributed by atoms with van der Waals surface area (Å²) in [6, 6.07) is 19.4. The maximum absolute atomic E-state index is 15.5. The molecule has 2 aromatic rings. The van der Waals surface area contributed by atoms with E-state index in [4.69, 9.17) is 47.4 Å². The van der Waals surface area contributed by atoms with Gasteiger partial charge in [-0.15, -0.1) is 0 Å². The van der Waals surface area contributed by atoms with Crippen LogP contribution in [0.25, 0.3) is 0 Å². The molecular weight excluding hydrogens is 979 g/mol. The SMILES string of the molecule is C=C(CC[C@@]12O[C@H](C(=O)OC(C)(C)C)[C@@](O)(C(=O)OC(C)(C)C)[C@@](C(=O)OC(C)(C)C)(O1)[C@H](OC(=O)NCCCCCCCCCCCOc1ccccc1)[C@H]2OC(C)(C)OC)C(OC(C)=O)C(C)Cc1ccccc1. The van der Waals surface area contributed by atoms with Crippen LogP contribution in [0.5, 0.6) is 5.75 Å². The van der Waals surface area contributed by atoms with Crippen LogP contribution in [-0.2, 0) is 68.2 Å². The Labute approximate surface area is 451 Å². The Hall–Kier alpha value is -5.07. The number of amides is 1. The summed E-state index contributed by atoms with van der Waals surface area (Å²) in [6.07, 6.45) is 0.340. The quantitative estimate of drug-likeness (QED) is 0.0267. The zero-order valence-electron chi connectivity index (χ0n) is 47.8. The van der Waals surface area contributed by atoms with Gasteiger partial charge in [0.05, 0.1) is 6.61 Å². The number of benzene rings is 2. The van der Waals surface area contributed by atoms with Gasteiger partial charge in [0.1, 0.15) is 28.7 Å². The van der Waals surface area contributed by atoms with Crippen LogP contribution in [0.3, 0.4) is 0 Å². The largest absolute Gasteiger partial charge is 0.494 e. The average molecular weight is 1070 g/mol. The van der Waals surface area contributed by atoms with Gasteiger partial charge in [-0.25, -0.2) is 19.2 Å². The van der Waals surface area contributed by atoms with Crippen LogP contribution in [0, 0.1) is 5.92 Å². The first kappa shape index (κ1) is 63.5. The number of hydrogen-bond donors (Lipinski definition) is 2. The van der Waals surface area contributed by atoms with Gasteiger partial charge in [0, 0.05) is 32.9 Å². The fourth-order valence-electron chi connectivity index (χ4n) is 9.33. The van der Waals surface area contributed by atoms with Gasteiger partial charge in [0.2, 0.25) is 17.5 Å². The van der Waals surface area contributed by atoms with Crippen molar-refractivity contribution in [1.82, 2.24) is 5.32 Å². The monoisotopic (exact) mass is 1070 g/mol. The lowest BCUT2D eigenvalue weighted by molar-refractivity contribution is -0.387. The van der Waals surface area contributed by atoms with Crippen LogP contribution < -0.4 is 10.1 Å². The van der Waals surface area contributed by atoms with Crippen LogP contribution >= 0.6 is 0 Å². The molecule has 2 aromatic carbocycles. The fraction of sp³-hybridized carbons (Fsp3) is 0.678. The van der Waals surface area contributed by atoms with Gasteiger partial charge in [-0.05, 0) is 125 Å². The lowest BCUT2D eigenvalue weighted by Crippen LogP contribution is -2.79. The Morgan fingerprint density at radius 2 is 1.25 bits per heavy atom. The van der Waals surface area contributed by atoms with Gasteiger partial charge in [-0.1, -0.05) is 107 Å². The first-order valence-corrected chi connectivity index (χ1v) is 26.9. The van der Waals surface area contributed by atoms with Gasteiger partial charge >= 0.3 is 30.0 Å². The average Bonchev–Trinajstić information content (AvgIpc) is 3.54. The van der Waals surface area contributed by atoms with Crippen molar-refractivity contribution in [2.75, 3.05) is 20.3 Å². The van der Waals surface area contributed by atoms with Crippen molar-refractivity contribution in [3.63, 3.8) is 0 Å². The number of methoxy groups -OCH3 is 1. The number of nitrogens with one attached hydrogen (secondary N) is 1. The second-order valence-electron chi connectivity index (χ2n) is 23.5. The van der Waals surface area contributed by atoms with Crippen LogP contribution in [0.1, 0.15) is 166 Å². The summed E-state index contributed by atoms with van der Waals surface area (Å²) in [5.41, 5.74) is -9.31. The summed E-state index contributed by atoms with van der Waals surface area (Å²) < 4.78 is 61.7. The molecule has 0 spiro atoms. The summed E-state index contributed by atoms with van der Waals surface area (Å²) in [5, 5.41) is 16.3. The maximum atomic E-state index is 15.5. The van der Waals surface area contributed by atoms with Gasteiger partial charge in [0.15, 0.2) is 18.0 Å². The lowest BCUT2D eigenvalue weighted by atomic mass is 9.74. The van der Waals surface area contributed by atoms with E-state index in [2.05, 4.69) is 11.9 Å². The Morgan fingerprint density at radius 3 is 1.79 bits per heavy atom. The molecule has 426 valence electrons. The first-order chi connectivity index (χ1) is 35.4. The third-order valence-corrected chi connectivity index (χ3v) is 12.9. The van der Waals surface area contributed by atoms with E-state index in [1.54, 1.807) is 41.5 Å². The minimum atomic E-state index is -3.52. The highest BCUT2D eigenvalue weighted by Gasteiger charge is 2.87. The lowest BCUT2D eigenvalue weighted by Gasteiger charge is -2.51. The molecule has 8 atom stereocenters. The van der Waals surface area contributed by atoms with Crippen LogP contribution in [0.4, 0.5) is 4.79 Å². The van der Waals surface area contributed by atoms with E-state index in [1.807, 2.05) is 67.6 Å². The van der Waals surface area contributed by atoms with Gasteiger partial charge in [0.25, 0.3) is 5.60 Å². The van der Waals surface area contributed by atoms with E-state index in [9.17, 15) is 19.5 Å². The summed E-state index contributed by atoms with van der Waals surface area (Å²) >= 11 is 0. The summed E-state index contributed by atoms with van der Waals surface area (Å²) in [6.45, 7) is 25.3. The molecule has 2 saturated heterocycles. The normalized spacial score (nSPS) is 23.4. The molecule has 2 unspecified atom stereocenters. The number of unbranched alkanes of at least 4 members (excludes halogenated alkanes) is 8. The minimum Gasteiger partial charge on any atom is -0.494 e. The predicted molar refractivity (Wildman–Crippen MR) is 285 cm³/mol. The minimum absolute atomic E-state index is 0.108. The van der Waals surface area contributed by atoms with Gasteiger partial charge < -0.3 is 57.8 Å². The molecule has 76 heavy (non-hydrogen) atoms. The van der Waals surface area contributed by atoms with E-state index >= 15 is 9.59 Å². The Bertz CT molecular complexity index is 2210. The van der Waals surface area contributed by atoms with E-state index < -0.39 is 94.0 Å². The third kappa shape index (κ3) is 17.7. The van der Waals surface area contributed by atoms with Crippen molar-refractivity contribution in [3.8, 4) is 5.75 Å². The molecule has 1 amide bonds. The zero-order chi connectivity index (χ0) is 56.8. The number of hydrogen-bond acceptors (Lipinski definition) is 16. The highest BCUT2D eigenvalue weighted by atomic mass is 16.8. The molecule has 2 fully saturated rings. The standard InChI is InChI=1S/C59H89NO16/c1-40(45(69-42(3)61)41(2)39-43-31-25-23-26-32-43)35-36-57-46(71-56(13,14)67-15)47(70-52(65)60-37-29-21-19-17-16-18-20-22-30-38-68-44-33-27-24-28-34-44)59(76-57,51(64)75-55(10,11)12)58(66,50(63)74-54(7,8)9)48(72-57)49(62)73-53(4,5)6/h23-28,31-34,41,45-48,66H,1,16-22,29-30,35-39H2,2-15H3,(H,60,65)/t41?,45?,46-,47-,48-,57-,58-,59-/m1/s1. The molecule has 2 aliphatic heterocycles. The molecule has 0 aromatic heterocycles. The fourth-order valence-corrected chi connectivity index (χ4v) is 9.33.